The minimum atomic E-state index is -0.207. The molecule has 0 saturated heterocycles. The van der Waals surface area contributed by atoms with E-state index in [9.17, 15) is 4.39 Å². The summed E-state index contributed by atoms with van der Waals surface area (Å²) in [6, 6.07) is 12.9. The number of nitrogens with two attached hydrogens (primary N) is 1. The monoisotopic (exact) mass is 301 g/mol. The van der Waals surface area contributed by atoms with Gasteiger partial charge in [0, 0.05) is 5.92 Å². The molecule has 2 rings (SSSR count). The van der Waals surface area contributed by atoms with Gasteiger partial charge in [-0.15, -0.1) is 0 Å². The van der Waals surface area contributed by atoms with Gasteiger partial charge in [-0.3, -0.25) is 0 Å². The summed E-state index contributed by atoms with van der Waals surface area (Å²) in [6.07, 6.45) is 1.81. The van der Waals surface area contributed by atoms with Crippen molar-refractivity contribution in [2.75, 3.05) is 13.2 Å². The van der Waals surface area contributed by atoms with E-state index in [0.29, 0.717) is 6.54 Å². The standard InChI is InChI=1S/C19H24FNO/c1-3-10-22-19-9-6-16(11-14(19)2)17(13-21)12-15-4-7-18(20)8-5-15/h4-9,11,17H,3,10,12-13,21H2,1-2H3. The average molecular weight is 301 g/mol. The fraction of sp³-hybridized carbons (Fsp3) is 0.368. The van der Waals surface area contributed by atoms with Gasteiger partial charge in [-0.2, -0.15) is 0 Å². The van der Waals surface area contributed by atoms with Gasteiger partial charge in [-0.25, -0.2) is 4.39 Å². The first-order valence-corrected chi connectivity index (χ1v) is 7.82. The summed E-state index contributed by atoms with van der Waals surface area (Å²) in [7, 11) is 0. The molecule has 3 heteroatoms. The van der Waals surface area contributed by atoms with Gasteiger partial charge in [0.15, 0.2) is 0 Å². The van der Waals surface area contributed by atoms with Crippen molar-refractivity contribution in [2.45, 2.75) is 32.6 Å². The molecule has 0 aliphatic carbocycles. The summed E-state index contributed by atoms with van der Waals surface area (Å²) < 4.78 is 18.7. The van der Waals surface area contributed by atoms with Crippen LogP contribution in [0.1, 0.15) is 36.0 Å². The van der Waals surface area contributed by atoms with Crippen LogP contribution in [0.15, 0.2) is 42.5 Å². The van der Waals surface area contributed by atoms with Crippen LogP contribution in [0.3, 0.4) is 0 Å². The average Bonchev–Trinajstić information content (AvgIpc) is 2.53. The maximum Gasteiger partial charge on any atom is 0.123 e. The summed E-state index contributed by atoms with van der Waals surface area (Å²) in [5, 5.41) is 0. The zero-order valence-electron chi connectivity index (χ0n) is 13.3. The summed E-state index contributed by atoms with van der Waals surface area (Å²) in [5.74, 6) is 0.953. The molecule has 0 aliphatic heterocycles. The lowest BCUT2D eigenvalue weighted by molar-refractivity contribution is 0.315. The highest BCUT2D eigenvalue weighted by atomic mass is 19.1. The van der Waals surface area contributed by atoms with Crippen LogP contribution >= 0.6 is 0 Å². The van der Waals surface area contributed by atoms with Crippen molar-refractivity contribution in [2.24, 2.45) is 5.73 Å². The molecule has 0 bridgehead atoms. The Morgan fingerprint density at radius 2 is 1.86 bits per heavy atom. The number of aryl methyl sites for hydroxylation is 1. The second-order valence-corrected chi connectivity index (χ2v) is 5.64. The van der Waals surface area contributed by atoms with Gasteiger partial charge >= 0.3 is 0 Å². The zero-order chi connectivity index (χ0) is 15.9. The number of hydrogen-bond acceptors (Lipinski definition) is 2. The molecule has 0 amide bonds. The predicted octanol–water partition coefficient (Wildman–Crippen LogP) is 4.21. The molecule has 0 fully saturated rings. The van der Waals surface area contributed by atoms with E-state index >= 15 is 0 Å². The summed E-state index contributed by atoms with van der Waals surface area (Å²) in [4.78, 5) is 0. The van der Waals surface area contributed by atoms with E-state index in [2.05, 4.69) is 26.0 Å². The van der Waals surface area contributed by atoms with Gasteiger partial charge in [0.1, 0.15) is 11.6 Å². The normalized spacial score (nSPS) is 12.2. The van der Waals surface area contributed by atoms with E-state index in [1.165, 1.54) is 17.7 Å². The lowest BCUT2D eigenvalue weighted by Gasteiger charge is -2.17. The van der Waals surface area contributed by atoms with E-state index in [1.807, 2.05) is 18.2 Å². The first kappa shape index (κ1) is 16.5. The molecule has 2 nitrogen and oxygen atoms in total. The van der Waals surface area contributed by atoms with Crippen molar-refractivity contribution in [3.05, 3.63) is 65.0 Å². The van der Waals surface area contributed by atoms with E-state index in [-0.39, 0.29) is 11.7 Å². The maximum atomic E-state index is 13.0. The molecule has 0 aliphatic rings. The minimum Gasteiger partial charge on any atom is -0.493 e. The van der Waals surface area contributed by atoms with Crippen LogP contribution in [0.2, 0.25) is 0 Å². The molecule has 118 valence electrons. The van der Waals surface area contributed by atoms with Crippen molar-refractivity contribution < 1.29 is 9.13 Å². The quantitative estimate of drug-likeness (QED) is 0.831. The van der Waals surface area contributed by atoms with Gasteiger partial charge in [0.25, 0.3) is 0 Å². The van der Waals surface area contributed by atoms with Crippen molar-refractivity contribution in [3.8, 4) is 5.75 Å². The Kier molecular flexibility index (Phi) is 5.96. The van der Waals surface area contributed by atoms with Gasteiger partial charge < -0.3 is 10.5 Å². The largest absolute Gasteiger partial charge is 0.493 e. The molecule has 0 heterocycles. The molecule has 2 aromatic carbocycles. The zero-order valence-corrected chi connectivity index (χ0v) is 13.3. The van der Waals surface area contributed by atoms with Crippen molar-refractivity contribution in [1.29, 1.82) is 0 Å². The molecule has 2 N–H and O–H groups in total. The lowest BCUT2D eigenvalue weighted by Crippen LogP contribution is -2.15. The van der Waals surface area contributed by atoms with Crippen LogP contribution in [0, 0.1) is 12.7 Å². The van der Waals surface area contributed by atoms with E-state index in [1.54, 1.807) is 0 Å². The Morgan fingerprint density at radius 1 is 1.14 bits per heavy atom. The third-order valence-electron chi connectivity index (χ3n) is 3.81. The molecule has 0 saturated carbocycles. The van der Waals surface area contributed by atoms with Crippen LogP contribution in [-0.4, -0.2) is 13.2 Å². The molecule has 1 atom stereocenters. The number of rotatable bonds is 7. The van der Waals surface area contributed by atoms with Crippen LogP contribution in [0.25, 0.3) is 0 Å². The Morgan fingerprint density at radius 3 is 2.45 bits per heavy atom. The van der Waals surface area contributed by atoms with Crippen molar-refractivity contribution in [1.82, 2.24) is 0 Å². The highest BCUT2D eigenvalue weighted by Crippen LogP contribution is 2.26. The third kappa shape index (κ3) is 4.31. The Labute approximate surface area is 132 Å². The maximum absolute atomic E-state index is 13.0. The highest BCUT2D eigenvalue weighted by Gasteiger charge is 2.12. The lowest BCUT2D eigenvalue weighted by atomic mass is 9.91. The second kappa shape index (κ2) is 7.95. The van der Waals surface area contributed by atoms with Gasteiger partial charge in [0.05, 0.1) is 6.61 Å². The first-order chi connectivity index (χ1) is 10.6. The van der Waals surface area contributed by atoms with Crippen LogP contribution in [-0.2, 0) is 6.42 Å². The number of ether oxygens (including phenoxy) is 1. The van der Waals surface area contributed by atoms with E-state index in [4.69, 9.17) is 10.5 Å². The Balaban J connectivity index is 2.13. The number of halogens is 1. The Hall–Kier alpha value is -1.87. The highest BCUT2D eigenvalue weighted by molar-refractivity contribution is 5.38. The van der Waals surface area contributed by atoms with E-state index < -0.39 is 0 Å². The van der Waals surface area contributed by atoms with Gasteiger partial charge in [-0.05, 0) is 61.2 Å². The molecular formula is C19H24FNO. The summed E-state index contributed by atoms with van der Waals surface area (Å²) in [5.41, 5.74) is 9.37. The van der Waals surface area contributed by atoms with Gasteiger partial charge in [-0.1, -0.05) is 31.2 Å². The number of hydrogen-bond donors (Lipinski definition) is 1. The second-order valence-electron chi connectivity index (χ2n) is 5.64. The molecule has 2 aromatic rings. The topological polar surface area (TPSA) is 35.2 Å². The Bertz CT molecular complexity index is 595. The molecule has 0 aromatic heterocycles. The smallest absolute Gasteiger partial charge is 0.123 e. The fourth-order valence-electron chi connectivity index (χ4n) is 2.54. The molecule has 0 spiro atoms. The van der Waals surface area contributed by atoms with Crippen LogP contribution in [0.4, 0.5) is 4.39 Å². The van der Waals surface area contributed by atoms with Gasteiger partial charge in [0.2, 0.25) is 0 Å². The molecule has 0 radical (unpaired) electrons. The molecule has 22 heavy (non-hydrogen) atoms. The van der Waals surface area contributed by atoms with Crippen molar-refractivity contribution >= 4 is 0 Å². The summed E-state index contributed by atoms with van der Waals surface area (Å²) >= 11 is 0. The number of benzene rings is 2. The van der Waals surface area contributed by atoms with Crippen LogP contribution in [0.5, 0.6) is 5.75 Å². The third-order valence-corrected chi connectivity index (χ3v) is 3.81. The minimum absolute atomic E-state index is 0.207. The fourth-order valence-corrected chi connectivity index (χ4v) is 2.54. The van der Waals surface area contributed by atoms with Crippen LogP contribution < -0.4 is 10.5 Å². The van der Waals surface area contributed by atoms with Crippen molar-refractivity contribution in [3.63, 3.8) is 0 Å². The predicted molar refractivity (Wildman–Crippen MR) is 88.9 cm³/mol. The first-order valence-electron chi connectivity index (χ1n) is 7.82. The summed E-state index contributed by atoms with van der Waals surface area (Å²) in [6.45, 7) is 5.44. The molecule has 1 unspecified atom stereocenters. The SMILES string of the molecule is CCCOc1ccc(C(CN)Cc2ccc(F)cc2)cc1C. The van der Waals surface area contributed by atoms with E-state index in [0.717, 1.165) is 36.3 Å². The molecular weight excluding hydrogens is 277 g/mol.